The molecular formula is C20H25N3O4. The molecular weight excluding hydrogens is 346 g/mol. The highest BCUT2D eigenvalue weighted by molar-refractivity contribution is 5.88. The molecule has 1 aromatic heterocycles. The van der Waals surface area contributed by atoms with Crippen LogP contribution in [0.4, 0.5) is 10.5 Å². The average Bonchev–Trinajstić information content (AvgIpc) is 2.71. The van der Waals surface area contributed by atoms with Crippen molar-refractivity contribution in [3.05, 3.63) is 42.6 Å². The smallest absolute Gasteiger partial charge is 0.319 e. The van der Waals surface area contributed by atoms with E-state index in [1.54, 1.807) is 31.5 Å². The van der Waals surface area contributed by atoms with Crippen LogP contribution in [0.3, 0.4) is 0 Å². The molecule has 0 radical (unpaired) electrons. The lowest BCUT2D eigenvalue weighted by atomic mass is 9.99. The summed E-state index contributed by atoms with van der Waals surface area (Å²) in [6.07, 6.45) is 4.75. The Labute approximate surface area is 159 Å². The number of benzene rings is 1. The van der Waals surface area contributed by atoms with Gasteiger partial charge in [0.25, 0.3) is 0 Å². The van der Waals surface area contributed by atoms with Gasteiger partial charge in [-0.25, -0.2) is 9.78 Å². The number of carbonyl (C=O) groups is 1. The number of aromatic nitrogens is 1. The third-order valence-corrected chi connectivity index (χ3v) is 4.37. The molecule has 1 unspecified atom stereocenters. The summed E-state index contributed by atoms with van der Waals surface area (Å²) >= 11 is 0. The van der Waals surface area contributed by atoms with E-state index >= 15 is 0 Å². The largest absolute Gasteiger partial charge is 0.493 e. The minimum atomic E-state index is -0.244. The molecule has 0 aliphatic carbocycles. The van der Waals surface area contributed by atoms with Crippen LogP contribution in [0.2, 0.25) is 0 Å². The van der Waals surface area contributed by atoms with Crippen LogP contribution in [-0.4, -0.2) is 37.9 Å². The average molecular weight is 371 g/mol. The fourth-order valence-electron chi connectivity index (χ4n) is 2.93. The first-order valence-electron chi connectivity index (χ1n) is 9.14. The van der Waals surface area contributed by atoms with Crippen molar-refractivity contribution in [1.29, 1.82) is 0 Å². The summed E-state index contributed by atoms with van der Waals surface area (Å²) in [5.74, 6) is 2.16. The van der Waals surface area contributed by atoms with Crippen molar-refractivity contribution in [2.45, 2.75) is 19.3 Å². The lowest BCUT2D eigenvalue weighted by Gasteiger charge is -2.21. The zero-order chi connectivity index (χ0) is 18.9. The Kier molecular flexibility index (Phi) is 6.87. The standard InChI is InChI=1S/C20H25N3O4/c1-25-17-6-2-3-7-18(17)27-19-9-8-16(13-22-19)23-20(24)21-11-10-15-5-4-12-26-14-15/h2-3,6-9,13,15H,4-5,10-12,14H2,1H3,(H2,21,23,24). The molecule has 7 nitrogen and oxygen atoms in total. The van der Waals surface area contributed by atoms with E-state index < -0.39 is 0 Å². The number of urea groups is 1. The van der Waals surface area contributed by atoms with Gasteiger partial charge in [0.15, 0.2) is 11.5 Å². The van der Waals surface area contributed by atoms with Gasteiger partial charge in [-0.3, -0.25) is 0 Å². The van der Waals surface area contributed by atoms with Crippen molar-refractivity contribution in [2.24, 2.45) is 5.92 Å². The highest BCUT2D eigenvalue weighted by Gasteiger charge is 2.14. The van der Waals surface area contributed by atoms with E-state index in [2.05, 4.69) is 15.6 Å². The lowest BCUT2D eigenvalue weighted by molar-refractivity contribution is 0.0520. The number of nitrogens with zero attached hydrogens (tertiary/aromatic N) is 1. The summed E-state index contributed by atoms with van der Waals surface area (Å²) in [6.45, 7) is 2.28. The van der Waals surface area contributed by atoms with Crippen molar-refractivity contribution in [1.82, 2.24) is 10.3 Å². The van der Waals surface area contributed by atoms with Gasteiger partial charge in [0.05, 0.1) is 19.0 Å². The number of pyridine rings is 1. The normalized spacial score (nSPS) is 16.4. The minimum absolute atomic E-state index is 0.244. The van der Waals surface area contributed by atoms with Crippen molar-refractivity contribution in [3.8, 4) is 17.4 Å². The first-order chi connectivity index (χ1) is 13.2. The Hall–Kier alpha value is -2.80. The fraction of sp³-hybridized carbons (Fsp3) is 0.400. The zero-order valence-corrected chi connectivity index (χ0v) is 15.4. The number of para-hydroxylation sites is 2. The van der Waals surface area contributed by atoms with Crippen LogP contribution in [0.1, 0.15) is 19.3 Å². The summed E-state index contributed by atoms with van der Waals surface area (Å²) in [6, 6.07) is 10.5. The molecule has 2 aromatic rings. The topological polar surface area (TPSA) is 81.7 Å². The van der Waals surface area contributed by atoms with E-state index in [-0.39, 0.29) is 6.03 Å². The van der Waals surface area contributed by atoms with E-state index in [9.17, 15) is 4.79 Å². The molecule has 1 atom stereocenters. The second-order valence-electron chi connectivity index (χ2n) is 6.39. The Balaban J connectivity index is 1.45. The molecule has 7 heteroatoms. The van der Waals surface area contributed by atoms with E-state index in [0.717, 1.165) is 26.1 Å². The van der Waals surface area contributed by atoms with Gasteiger partial charge in [-0.15, -0.1) is 0 Å². The number of hydrogen-bond donors (Lipinski definition) is 2. The molecule has 144 valence electrons. The number of methoxy groups -OCH3 is 1. The highest BCUT2D eigenvalue weighted by atomic mass is 16.5. The number of carbonyl (C=O) groups excluding carboxylic acids is 1. The number of rotatable bonds is 7. The molecule has 2 amide bonds. The van der Waals surface area contributed by atoms with Crippen LogP contribution in [0.25, 0.3) is 0 Å². The fourth-order valence-corrected chi connectivity index (χ4v) is 2.93. The van der Waals surface area contributed by atoms with Crippen LogP contribution in [0, 0.1) is 5.92 Å². The van der Waals surface area contributed by atoms with Crippen molar-refractivity contribution >= 4 is 11.7 Å². The van der Waals surface area contributed by atoms with Crippen LogP contribution < -0.4 is 20.1 Å². The maximum atomic E-state index is 12.0. The molecule has 3 rings (SSSR count). The number of ether oxygens (including phenoxy) is 3. The van der Waals surface area contributed by atoms with Gasteiger partial charge >= 0.3 is 6.03 Å². The minimum Gasteiger partial charge on any atom is -0.493 e. The number of nitrogens with one attached hydrogen (secondary N) is 2. The number of hydrogen-bond acceptors (Lipinski definition) is 5. The van der Waals surface area contributed by atoms with E-state index in [4.69, 9.17) is 14.2 Å². The maximum Gasteiger partial charge on any atom is 0.319 e. The molecule has 2 N–H and O–H groups in total. The predicted octanol–water partition coefficient (Wildman–Crippen LogP) is 3.82. The van der Waals surface area contributed by atoms with E-state index in [1.807, 2.05) is 18.2 Å². The van der Waals surface area contributed by atoms with Gasteiger partial charge in [-0.1, -0.05) is 12.1 Å². The maximum absolute atomic E-state index is 12.0. The molecule has 1 saturated heterocycles. The summed E-state index contributed by atoms with van der Waals surface area (Å²) < 4.78 is 16.4. The van der Waals surface area contributed by atoms with Gasteiger partial charge in [0.2, 0.25) is 5.88 Å². The van der Waals surface area contributed by atoms with Crippen LogP contribution in [0.15, 0.2) is 42.6 Å². The first-order valence-corrected chi connectivity index (χ1v) is 9.14. The molecule has 1 aromatic carbocycles. The third-order valence-electron chi connectivity index (χ3n) is 4.37. The van der Waals surface area contributed by atoms with E-state index in [0.29, 0.717) is 35.5 Å². The molecule has 2 heterocycles. The van der Waals surface area contributed by atoms with Crippen LogP contribution >= 0.6 is 0 Å². The third kappa shape index (κ3) is 5.86. The van der Waals surface area contributed by atoms with Gasteiger partial charge in [0, 0.05) is 25.8 Å². The molecule has 0 spiro atoms. The highest BCUT2D eigenvalue weighted by Crippen LogP contribution is 2.30. The molecule has 1 fully saturated rings. The van der Waals surface area contributed by atoms with Gasteiger partial charge in [-0.05, 0) is 43.4 Å². The molecule has 1 aliphatic rings. The molecule has 1 aliphatic heterocycles. The summed E-state index contributed by atoms with van der Waals surface area (Å²) in [7, 11) is 1.59. The van der Waals surface area contributed by atoms with Gasteiger partial charge in [0.1, 0.15) is 0 Å². The predicted molar refractivity (Wildman–Crippen MR) is 102 cm³/mol. The lowest BCUT2D eigenvalue weighted by Crippen LogP contribution is -2.31. The van der Waals surface area contributed by atoms with E-state index in [1.165, 1.54) is 6.42 Å². The SMILES string of the molecule is COc1ccccc1Oc1ccc(NC(=O)NCCC2CCCOC2)cn1. The summed E-state index contributed by atoms with van der Waals surface area (Å²) in [4.78, 5) is 16.2. The number of anilines is 1. The van der Waals surface area contributed by atoms with Crippen LogP contribution in [-0.2, 0) is 4.74 Å². The zero-order valence-electron chi connectivity index (χ0n) is 15.4. The van der Waals surface area contributed by atoms with Gasteiger partial charge < -0.3 is 24.8 Å². The second-order valence-corrected chi connectivity index (χ2v) is 6.39. The Morgan fingerprint density at radius 3 is 2.81 bits per heavy atom. The first kappa shape index (κ1) is 19.0. The Bertz CT molecular complexity index is 730. The van der Waals surface area contributed by atoms with Gasteiger partial charge in [-0.2, -0.15) is 0 Å². The summed E-state index contributed by atoms with van der Waals surface area (Å²) in [5.41, 5.74) is 0.598. The Morgan fingerprint density at radius 2 is 2.11 bits per heavy atom. The quantitative estimate of drug-likeness (QED) is 0.773. The molecule has 0 saturated carbocycles. The number of amides is 2. The van der Waals surface area contributed by atoms with Crippen molar-refractivity contribution in [3.63, 3.8) is 0 Å². The Morgan fingerprint density at radius 1 is 1.26 bits per heavy atom. The summed E-state index contributed by atoms with van der Waals surface area (Å²) in [5, 5.41) is 5.64. The van der Waals surface area contributed by atoms with Crippen molar-refractivity contribution < 1.29 is 19.0 Å². The molecule has 0 bridgehead atoms. The van der Waals surface area contributed by atoms with Crippen LogP contribution in [0.5, 0.6) is 17.4 Å². The molecule has 27 heavy (non-hydrogen) atoms. The van der Waals surface area contributed by atoms with Crippen molar-refractivity contribution in [2.75, 3.05) is 32.2 Å². The second kappa shape index (κ2) is 9.78. The monoisotopic (exact) mass is 371 g/mol.